The van der Waals surface area contributed by atoms with Crippen LogP contribution in [0.15, 0.2) is 36.4 Å². The van der Waals surface area contributed by atoms with E-state index in [1.807, 2.05) is 6.92 Å². The zero-order valence-corrected chi connectivity index (χ0v) is 11.0. The lowest BCUT2D eigenvalue weighted by molar-refractivity contribution is 0.0697. The van der Waals surface area contributed by atoms with Crippen molar-refractivity contribution in [2.24, 2.45) is 0 Å². The average molecular weight is 291 g/mol. The maximum absolute atomic E-state index is 13.2. The first kappa shape index (κ1) is 14.6. The summed E-state index contributed by atoms with van der Waals surface area (Å²) < 4.78 is 26.3. The first-order chi connectivity index (χ1) is 9.88. The van der Waals surface area contributed by atoms with Gasteiger partial charge in [0.2, 0.25) is 0 Å². The molecule has 0 aliphatic heterocycles. The summed E-state index contributed by atoms with van der Waals surface area (Å²) in [5, 5.41) is 11.2. The molecule has 0 aromatic heterocycles. The number of benzene rings is 2. The van der Waals surface area contributed by atoms with Crippen molar-refractivity contribution in [1.29, 1.82) is 0 Å². The molecule has 108 valence electrons. The minimum Gasteiger partial charge on any atom is -0.478 e. The molecule has 0 spiro atoms. The van der Waals surface area contributed by atoms with Crippen molar-refractivity contribution < 1.29 is 23.5 Å². The van der Waals surface area contributed by atoms with E-state index in [9.17, 15) is 18.4 Å². The quantitative estimate of drug-likeness (QED) is 0.912. The van der Waals surface area contributed by atoms with Crippen molar-refractivity contribution in [2.45, 2.75) is 6.92 Å². The van der Waals surface area contributed by atoms with Crippen molar-refractivity contribution in [2.75, 3.05) is 5.32 Å². The third-order valence-electron chi connectivity index (χ3n) is 2.85. The standard InChI is InChI=1S/C15H11F2NO3/c1-8-2-4-9(5-3-8)14(19)18-13-7-12(17)11(16)6-10(13)15(20)21/h2-7H,1H3,(H,18,19)(H,20,21). The van der Waals surface area contributed by atoms with Crippen LogP contribution in [0.2, 0.25) is 0 Å². The van der Waals surface area contributed by atoms with Gasteiger partial charge in [-0.15, -0.1) is 0 Å². The summed E-state index contributed by atoms with van der Waals surface area (Å²) in [6.45, 7) is 1.85. The number of nitrogens with one attached hydrogen (secondary N) is 1. The van der Waals surface area contributed by atoms with Crippen LogP contribution in [-0.2, 0) is 0 Å². The molecule has 0 heterocycles. The first-order valence-electron chi connectivity index (χ1n) is 5.99. The van der Waals surface area contributed by atoms with Gasteiger partial charge >= 0.3 is 5.97 Å². The molecule has 0 unspecified atom stereocenters. The van der Waals surface area contributed by atoms with Gasteiger partial charge in [0.15, 0.2) is 11.6 Å². The Bertz CT molecular complexity index is 712. The van der Waals surface area contributed by atoms with Gasteiger partial charge in [-0.2, -0.15) is 0 Å². The number of amides is 1. The molecule has 2 rings (SSSR count). The Hall–Kier alpha value is -2.76. The molecule has 21 heavy (non-hydrogen) atoms. The molecule has 1 amide bonds. The smallest absolute Gasteiger partial charge is 0.337 e. The predicted octanol–water partition coefficient (Wildman–Crippen LogP) is 3.22. The summed E-state index contributed by atoms with van der Waals surface area (Å²) in [7, 11) is 0. The van der Waals surface area contributed by atoms with E-state index >= 15 is 0 Å². The summed E-state index contributed by atoms with van der Waals surface area (Å²) >= 11 is 0. The van der Waals surface area contributed by atoms with Crippen LogP contribution in [0.25, 0.3) is 0 Å². The SMILES string of the molecule is Cc1ccc(C(=O)Nc2cc(F)c(F)cc2C(=O)O)cc1. The summed E-state index contributed by atoms with van der Waals surface area (Å²) in [6.07, 6.45) is 0. The van der Waals surface area contributed by atoms with Crippen LogP contribution in [0.3, 0.4) is 0 Å². The highest BCUT2D eigenvalue weighted by Gasteiger charge is 2.17. The Labute approximate surface area is 119 Å². The number of hydrogen-bond donors (Lipinski definition) is 2. The fourth-order valence-electron chi connectivity index (χ4n) is 1.73. The van der Waals surface area contributed by atoms with Gasteiger partial charge < -0.3 is 10.4 Å². The fraction of sp³-hybridized carbons (Fsp3) is 0.0667. The lowest BCUT2D eigenvalue weighted by Crippen LogP contribution is -2.15. The third kappa shape index (κ3) is 3.22. The number of carboxylic acids is 1. The molecule has 2 aromatic carbocycles. The molecular formula is C15H11F2NO3. The van der Waals surface area contributed by atoms with Gasteiger partial charge in [0, 0.05) is 11.6 Å². The van der Waals surface area contributed by atoms with E-state index in [-0.39, 0.29) is 11.3 Å². The number of carbonyl (C=O) groups excluding carboxylic acids is 1. The molecule has 2 N–H and O–H groups in total. The number of hydrogen-bond acceptors (Lipinski definition) is 2. The van der Waals surface area contributed by atoms with E-state index in [1.165, 1.54) is 0 Å². The minimum absolute atomic E-state index is 0.279. The third-order valence-corrected chi connectivity index (χ3v) is 2.85. The largest absolute Gasteiger partial charge is 0.478 e. The highest BCUT2D eigenvalue weighted by Crippen LogP contribution is 2.21. The van der Waals surface area contributed by atoms with Crippen LogP contribution < -0.4 is 5.32 Å². The zero-order valence-electron chi connectivity index (χ0n) is 11.0. The topological polar surface area (TPSA) is 66.4 Å². The lowest BCUT2D eigenvalue weighted by atomic mass is 10.1. The van der Waals surface area contributed by atoms with Crippen molar-refractivity contribution >= 4 is 17.6 Å². The second-order valence-corrected chi connectivity index (χ2v) is 4.44. The molecule has 0 fully saturated rings. The van der Waals surface area contributed by atoms with Crippen LogP contribution in [-0.4, -0.2) is 17.0 Å². The Kier molecular flexibility index (Phi) is 3.98. The van der Waals surface area contributed by atoms with E-state index in [0.717, 1.165) is 5.56 Å². The summed E-state index contributed by atoms with van der Waals surface area (Å²) in [4.78, 5) is 23.0. The number of halogens is 2. The molecule has 6 heteroatoms. The molecule has 0 atom stereocenters. The Morgan fingerprint density at radius 1 is 1.05 bits per heavy atom. The Morgan fingerprint density at radius 3 is 2.19 bits per heavy atom. The van der Waals surface area contributed by atoms with Crippen LogP contribution in [0.1, 0.15) is 26.3 Å². The summed E-state index contributed by atoms with van der Waals surface area (Å²) in [5.74, 6) is -4.60. The fourth-order valence-corrected chi connectivity index (χ4v) is 1.73. The van der Waals surface area contributed by atoms with E-state index < -0.39 is 29.1 Å². The molecule has 0 aliphatic rings. The van der Waals surface area contributed by atoms with Crippen molar-refractivity contribution in [1.82, 2.24) is 0 Å². The van der Waals surface area contributed by atoms with Gasteiger partial charge in [0.05, 0.1) is 11.3 Å². The van der Waals surface area contributed by atoms with Gasteiger partial charge in [0.25, 0.3) is 5.91 Å². The van der Waals surface area contributed by atoms with Crippen molar-refractivity contribution in [3.8, 4) is 0 Å². The molecule has 0 bridgehead atoms. The maximum Gasteiger partial charge on any atom is 0.337 e. The number of aryl methyl sites for hydroxylation is 1. The van der Waals surface area contributed by atoms with Gasteiger partial charge in [-0.05, 0) is 25.1 Å². The van der Waals surface area contributed by atoms with Crippen LogP contribution in [0.4, 0.5) is 14.5 Å². The van der Waals surface area contributed by atoms with Gasteiger partial charge in [-0.1, -0.05) is 17.7 Å². The van der Waals surface area contributed by atoms with Crippen molar-refractivity contribution in [3.05, 3.63) is 64.7 Å². The van der Waals surface area contributed by atoms with Crippen LogP contribution in [0, 0.1) is 18.6 Å². The monoisotopic (exact) mass is 291 g/mol. The number of carbonyl (C=O) groups is 2. The molecule has 0 saturated heterocycles. The number of carboxylic acid groups (broad SMARTS) is 1. The Morgan fingerprint density at radius 2 is 1.62 bits per heavy atom. The molecule has 2 aromatic rings. The van der Waals surface area contributed by atoms with E-state index in [2.05, 4.69) is 5.32 Å². The highest BCUT2D eigenvalue weighted by atomic mass is 19.2. The normalized spacial score (nSPS) is 10.2. The van der Waals surface area contributed by atoms with E-state index in [1.54, 1.807) is 24.3 Å². The molecular weight excluding hydrogens is 280 g/mol. The Balaban J connectivity index is 2.34. The van der Waals surface area contributed by atoms with Crippen molar-refractivity contribution in [3.63, 3.8) is 0 Å². The predicted molar refractivity (Wildman–Crippen MR) is 72.4 cm³/mol. The highest BCUT2D eigenvalue weighted by molar-refractivity contribution is 6.07. The summed E-state index contributed by atoms with van der Waals surface area (Å²) in [5.41, 5.74) is 0.411. The van der Waals surface area contributed by atoms with E-state index in [0.29, 0.717) is 12.1 Å². The lowest BCUT2D eigenvalue weighted by Gasteiger charge is -2.09. The molecule has 0 saturated carbocycles. The number of rotatable bonds is 3. The second kappa shape index (κ2) is 5.70. The molecule has 0 aliphatic carbocycles. The minimum atomic E-state index is -1.46. The van der Waals surface area contributed by atoms with Gasteiger partial charge in [-0.25, -0.2) is 13.6 Å². The second-order valence-electron chi connectivity index (χ2n) is 4.44. The molecule has 4 nitrogen and oxygen atoms in total. The van der Waals surface area contributed by atoms with Gasteiger partial charge in [-0.3, -0.25) is 4.79 Å². The first-order valence-corrected chi connectivity index (χ1v) is 5.99. The van der Waals surface area contributed by atoms with Crippen LogP contribution in [0.5, 0.6) is 0 Å². The van der Waals surface area contributed by atoms with Crippen LogP contribution >= 0.6 is 0 Å². The maximum atomic E-state index is 13.2. The molecule has 0 radical (unpaired) electrons. The number of aromatic carboxylic acids is 1. The van der Waals surface area contributed by atoms with E-state index in [4.69, 9.17) is 5.11 Å². The number of anilines is 1. The zero-order chi connectivity index (χ0) is 15.6. The van der Waals surface area contributed by atoms with Gasteiger partial charge in [0.1, 0.15) is 0 Å². The summed E-state index contributed by atoms with van der Waals surface area (Å²) in [6, 6.07) is 7.68. The average Bonchev–Trinajstić information content (AvgIpc) is 2.43.